The van der Waals surface area contributed by atoms with Gasteiger partial charge >= 0.3 is 6.18 Å². The van der Waals surface area contributed by atoms with Gasteiger partial charge in [0.2, 0.25) is 5.91 Å². The smallest absolute Gasteiger partial charge is 0.359 e. The van der Waals surface area contributed by atoms with E-state index in [0.717, 1.165) is 17.7 Å². The predicted octanol–water partition coefficient (Wildman–Crippen LogP) is 2.95. The summed E-state index contributed by atoms with van der Waals surface area (Å²) in [5, 5.41) is 5.10. The van der Waals surface area contributed by atoms with E-state index in [1.165, 1.54) is 14.0 Å². The van der Waals surface area contributed by atoms with Gasteiger partial charge in [-0.25, -0.2) is 4.98 Å². The van der Waals surface area contributed by atoms with Gasteiger partial charge in [0.15, 0.2) is 0 Å². The molecule has 2 N–H and O–H groups in total. The summed E-state index contributed by atoms with van der Waals surface area (Å²) in [6.07, 6.45) is -4.34. The molecule has 1 aromatic heterocycles. The van der Waals surface area contributed by atoms with E-state index in [9.17, 15) is 22.8 Å². The van der Waals surface area contributed by atoms with Crippen LogP contribution in [0.2, 0.25) is 0 Å². The molecule has 5 nitrogen and oxygen atoms in total. The number of pyridine rings is 1. The van der Waals surface area contributed by atoms with Gasteiger partial charge in [0.05, 0.1) is 17.7 Å². The minimum atomic E-state index is -4.56. The fraction of sp³-hybridized carbons (Fsp3) is 0.235. The molecule has 2 aromatic rings. The number of carbonyl (C=O) groups excluding carboxylic acids is 2. The molecule has 0 bridgehead atoms. The maximum atomic E-state index is 12.6. The number of likely N-dealkylation sites (N-methyl/N-ethyl adjacent to an activating group) is 1. The van der Waals surface area contributed by atoms with Crippen molar-refractivity contribution in [2.24, 2.45) is 0 Å². The zero-order valence-electron chi connectivity index (χ0n) is 13.6. The number of nitrogens with one attached hydrogen (secondary N) is 2. The Hall–Kier alpha value is -2.90. The van der Waals surface area contributed by atoms with Gasteiger partial charge in [-0.05, 0) is 36.8 Å². The Morgan fingerprint density at radius 3 is 2.24 bits per heavy atom. The Bertz CT molecular complexity index is 787. The van der Waals surface area contributed by atoms with Crippen LogP contribution in [0.1, 0.15) is 27.3 Å². The fourth-order valence-corrected chi connectivity index (χ4v) is 2.14. The van der Waals surface area contributed by atoms with Crippen molar-refractivity contribution >= 4 is 17.5 Å². The summed E-state index contributed by atoms with van der Waals surface area (Å²) in [5.41, 5.74) is 0.237. The highest BCUT2D eigenvalue weighted by Gasteiger charge is 2.33. The van der Waals surface area contributed by atoms with Gasteiger partial charge in [-0.3, -0.25) is 9.59 Å². The first-order chi connectivity index (χ1) is 11.7. The molecule has 0 saturated heterocycles. The number of anilines is 1. The number of hydrogen-bond donors (Lipinski definition) is 2. The fourth-order valence-electron chi connectivity index (χ4n) is 2.14. The summed E-state index contributed by atoms with van der Waals surface area (Å²) in [7, 11) is 1.54. The molecule has 0 aliphatic carbocycles. The lowest BCUT2D eigenvalue weighted by Gasteiger charge is -2.11. The largest absolute Gasteiger partial charge is 0.433 e. The lowest BCUT2D eigenvalue weighted by atomic mass is 10.1. The Balaban J connectivity index is 2.10. The zero-order chi connectivity index (χ0) is 18.6. The quantitative estimate of drug-likeness (QED) is 0.890. The molecule has 1 aromatic carbocycles. The topological polar surface area (TPSA) is 71.1 Å². The van der Waals surface area contributed by atoms with Crippen molar-refractivity contribution < 1.29 is 22.8 Å². The van der Waals surface area contributed by atoms with Crippen molar-refractivity contribution in [3.63, 3.8) is 0 Å². The van der Waals surface area contributed by atoms with Gasteiger partial charge in [-0.15, -0.1) is 0 Å². The number of alkyl halides is 3. The number of carbonyl (C=O) groups is 2. The minimum absolute atomic E-state index is 0.0106. The van der Waals surface area contributed by atoms with E-state index in [1.54, 1.807) is 24.3 Å². The second-order valence-electron chi connectivity index (χ2n) is 5.33. The first-order valence-corrected chi connectivity index (χ1v) is 7.36. The zero-order valence-corrected chi connectivity index (χ0v) is 13.6. The Labute approximate surface area is 142 Å². The van der Waals surface area contributed by atoms with E-state index in [2.05, 4.69) is 15.6 Å². The molecule has 0 fully saturated rings. The van der Waals surface area contributed by atoms with E-state index >= 15 is 0 Å². The molecule has 25 heavy (non-hydrogen) atoms. The van der Waals surface area contributed by atoms with Crippen LogP contribution < -0.4 is 10.6 Å². The van der Waals surface area contributed by atoms with Gasteiger partial charge in [0.25, 0.3) is 5.91 Å². The van der Waals surface area contributed by atoms with Crippen molar-refractivity contribution in [3.05, 3.63) is 58.9 Å². The lowest BCUT2D eigenvalue weighted by Crippen LogP contribution is -2.20. The van der Waals surface area contributed by atoms with Crippen LogP contribution in [0.4, 0.5) is 18.9 Å². The molecule has 2 amide bonds. The number of nitrogens with zero attached hydrogens (tertiary/aromatic N) is 1. The molecule has 0 saturated carbocycles. The highest BCUT2D eigenvalue weighted by molar-refractivity contribution is 6.05. The summed E-state index contributed by atoms with van der Waals surface area (Å²) < 4.78 is 37.8. The molecule has 0 atom stereocenters. The number of amides is 2. The molecule has 8 heteroatoms. The molecular weight excluding hydrogens is 335 g/mol. The number of aryl methyl sites for hydroxylation is 1. The van der Waals surface area contributed by atoms with Crippen LogP contribution in [-0.4, -0.2) is 23.8 Å². The van der Waals surface area contributed by atoms with Gasteiger partial charge < -0.3 is 10.6 Å². The second-order valence-corrected chi connectivity index (χ2v) is 5.33. The van der Waals surface area contributed by atoms with Crippen molar-refractivity contribution in [1.29, 1.82) is 0 Å². The van der Waals surface area contributed by atoms with Crippen molar-refractivity contribution in [3.8, 4) is 0 Å². The molecule has 2 rings (SSSR count). The predicted molar refractivity (Wildman–Crippen MR) is 86.1 cm³/mol. The summed E-state index contributed by atoms with van der Waals surface area (Å²) >= 11 is 0. The minimum Gasteiger partial charge on any atom is -0.359 e. The third kappa shape index (κ3) is 4.79. The van der Waals surface area contributed by atoms with E-state index in [1.807, 2.05) is 0 Å². The number of hydrogen-bond acceptors (Lipinski definition) is 3. The Morgan fingerprint density at radius 2 is 1.72 bits per heavy atom. The van der Waals surface area contributed by atoms with Crippen LogP contribution in [0.15, 0.2) is 36.4 Å². The molecular formula is C17H16F3N3O2. The van der Waals surface area contributed by atoms with Crippen molar-refractivity contribution in [2.75, 3.05) is 12.4 Å². The van der Waals surface area contributed by atoms with Gasteiger partial charge in [-0.2, -0.15) is 13.2 Å². The second kappa shape index (κ2) is 7.33. The summed E-state index contributed by atoms with van der Waals surface area (Å²) in [6, 6.07) is 8.46. The van der Waals surface area contributed by atoms with Gasteiger partial charge in [-0.1, -0.05) is 12.1 Å². The first-order valence-electron chi connectivity index (χ1n) is 7.36. The van der Waals surface area contributed by atoms with E-state index < -0.39 is 17.8 Å². The number of aromatic nitrogens is 1. The number of rotatable bonds is 4. The van der Waals surface area contributed by atoms with E-state index in [-0.39, 0.29) is 23.6 Å². The maximum absolute atomic E-state index is 12.6. The van der Waals surface area contributed by atoms with Crippen LogP contribution in [-0.2, 0) is 17.4 Å². The molecule has 0 spiro atoms. The highest BCUT2D eigenvalue weighted by atomic mass is 19.4. The van der Waals surface area contributed by atoms with E-state index in [0.29, 0.717) is 5.69 Å². The average Bonchev–Trinajstić information content (AvgIpc) is 2.55. The Kier molecular flexibility index (Phi) is 5.41. The highest BCUT2D eigenvalue weighted by Crippen LogP contribution is 2.28. The molecule has 0 aliphatic heterocycles. The summed E-state index contributed by atoms with van der Waals surface area (Å²) in [4.78, 5) is 26.9. The van der Waals surface area contributed by atoms with Crippen LogP contribution in [0.3, 0.4) is 0 Å². The molecule has 1 heterocycles. The SMILES string of the molecule is CNC(=O)Cc1ccc(NC(=O)c2ccc(C(F)(F)F)nc2C)cc1. The summed E-state index contributed by atoms with van der Waals surface area (Å²) in [5.74, 6) is -0.694. The third-order valence-corrected chi connectivity index (χ3v) is 3.48. The lowest BCUT2D eigenvalue weighted by molar-refractivity contribution is -0.141. The number of benzene rings is 1. The molecule has 0 aliphatic rings. The number of halogens is 3. The summed E-state index contributed by atoms with van der Waals surface area (Å²) in [6.45, 7) is 1.34. The van der Waals surface area contributed by atoms with Crippen molar-refractivity contribution in [1.82, 2.24) is 10.3 Å². The molecule has 0 unspecified atom stereocenters. The monoisotopic (exact) mass is 351 g/mol. The van der Waals surface area contributed by atoms with Crippen LogP contribution in [0, 0.1) is 6.92 Å². The molecule has 0 radical (unpaired) electrons. The van der Waals surface area contributed by atoms with Gasteiger partial charge in [0, 0.05) is 12.7 Å². The average molecular weight is 351 g/mol. The third-order valence-electron chi connectivity index (χ3n) is 3.48. The molecule has 132 valence electrons. The van der Waals surface area contributed by atoms with Gasteiger partial charge in [0.1, 0.15) is 5.69 Å². The normalized spacial score (nSPS) is 11.1. The maximum Gasteiger partial charge on any atom is 0.433 e. The first kappa shape index (κ1) is 18.4. The Morgan fingerprint density at radius 1 is 1.08 bits per heavy atom. The van der Waals surface area contributed by atoms with Crippen molar-refractivity contribution in [2.45, 2.75) is 19.5 Å². The standard InChI is InChI=1S/C17H16F3N3O2/c1-10-13(7-8-14(22-10)17(18,19)20)16(25)23-12-5-3-11(4-6-12)9-15(24)21-2/h3-8H,9H2,1-2H3,(H,21,24)(H,23,25). The van der Waals surface area contributed by atoms with Crippen LogP contribution in [0.25, 0.3) is 0 Å². The van der Waals surface area contributed by atoms with Crippen LogP contribution in [0.5, 0.6) is 0 Å². The van der Waals surface area contributed by atoms with E-state index in [4.69, 9.17) is 0 Å². The van der Waals surface area contributed by atoms with Crippen LogP contribution >= 0.6 is 0 Å².